The van der Waals surface area contributed by atoms with Crippen LogP contribution in [0.5, 0.6) is 5.75 Å². The van der Waals surface area contributed by atoms with Gasteiger partial charge in [0.05, 0.1) is 0 Å². The smallest absolute Gasteiger partial charge is 0.261 e. The molecule has 0 fully saturated rings. The van der Waals surface area contributed by atoms with Gasteiger partial charge in [0, 0.05) is 28.6 Å². The number of hydrogen-bond acceptors (Lipinski definition) is 3. The molecule has 0 heterocycles. The minimum absolute atomic E-state index is 0.139. The molecule has 0 aliphatic carbocycles. The first-order chi connectivity index (χ1) is 12.9. The van der Waals surface area contributed by atoms with Gasteiger partial charge in [-0.2, -0.15) is 11.8 Å². The van der Waals surface area contributed by atoms with E-state index in [-0.39, 0.29) is 11.7 Å². The standard InChI is InChI=1S/C21H25ClFNO2S/c1-4-20(26-16-9-8-14(2)15(3)12-16)21(25)24-10-11-27-13-17-18(22)6-5-7-19(17)23/h5-9,12,20H,4,10-11,13H2,1-3H3,(H,24,25). The molecule has 2 aromatic carbocycles. The minimum Gasteiger partial charge on any atom is -0.481 e. The van der Waals surface area contributed by atoms with Crippen LogP contribution >= 0.6 is 23.4 Å². The van der Waals surface area contributed by atoms with E-state index in [0.717, 1.165) is 5.56 Å². The minimum atomic E-state index is -0.530. The zero-order valence-corrected chi connectivity index (χ0v) is 17.4. The van der Waals surface area contributed by atoms with E-state index >= 15 is 0 Å². The lowest BCUT2D eigenvalue weighted by atomic mass is 10.1. The molecule has 0 saturated carbocycles. The second-order valence-electron chi connectivity index (χ2n) is 6.30. The van der Waals surface area contributed by atoms with E-state index in [2.05, 4.69) is 5.32 Å². The Morgan fingerprint density at radius 3 is 2.70 bits per heavy atom. The van der Waals surface area contributed by atoms with E-state index in [0.29, 0.717) is 40.8 Å². The molecule has 0 aliphatic heterocycles. The van der Waals surface area contributed by atoms with Crippen molar-refractivity contribution in [1.29, 1.82) is 0 Å². The van der Waals surface area contributed by atoms with Crippen LogP contribution in [-0.4, -0.2) is 24.3 Å². The maximum absolute atomic E-state index is 13.7. The van der Waals surface area contributed by atoms with Crippen molar-refractivity contribution in [3.05, 3.63) is 63.9 Å². The molecule has 0 aromatic heterocycles. The molecule has 1 unspecified atom stereocenters. The number of amides is 1. The van der Waals surface area contributed by atoms with Gasteiger partial charge in [-0.15, -0.1) is 0 Å². The van der Waals surface area contributed by atoms with E-state index in [1.165, 1.54) is 23.4 Å². The third kappa shape index (κ3) is 6.43. The molecule has 1 atom stereocenters. The highest BCUT2D eigenvalue weighted by molar-refractivity contribution is 7.98. The van der Waals surface area contributed by atoms with Crippen LogP contribution in [0.4, 0.5) is 4.39 Å². The van der Waals surface area contributed by atoms with Crippen LogP contribution in [-0.2, 0) is 10.5 Å². The molecule has 0 bridgehead atoms. The maximum atomic E-state index is 13.7. The molecule has 1 N–H and O–H groups in total. The summed E-state index contributed by atoms with van der Waals surface area (Å²) in [5, 5.41) is 3.31. The molecular formula is C21H25ClFNO2S. The lowest BCUT2D eigenvalue weighted by Crippen LogP contribution is -2.39. The number of halogens is 2. The Kier molecular flexibility index (Phi) is 8.45. The number of benzene rings is 2. The predicted molar refractivity (Wildman–Crippen MR) is 111 cm³/mol. The summed E-state index contributed by atoms with van der Waals surface area (Å²) in [6.45, 7) is 6.46. The van der Waals surface area contributed by atoms with Crippen LogP contribution in [0.1, 0.15) is 30.0 Å². The highest BCUT2D eigenvalue weighted by Crippen LogP contribution is 2.23. The Morgan fingerprint density at radius 1 is 1.26 bits per heavy atom. The third-order valence-corrected chi connectivity index (χ3v) is 5.61. The molecule has 0 aliphatic rings. The van der Waals surface area contributed by atoms with Crippen LogP contribution in [0.15, 0.2) is 36.4 Å². The first kappa shape index (κ1) is 21.6. The van der Waals surface area contributed by atoms with Crippen LogP contribution in [0.2, 0.25) is 5.02 Å². The van der Waals surface area contributed by atoms with Gasteiger partial charge in [0.15, 0.2) is 6.10 Å². The molecule has 2 aromatic rings. The van der Waals surface area contributed by atoms with Crippen LogP contribution < -0.4 is 10.1 Å². The fraction of sp³-hybridized carbons (Fsp3) is 0.381. The third-order valence-electron chi connectivity index (χ3n) is 4.27. The zero-order chi connectivity index (χ0) is 19.8. The van der Waals surface area contributed by atoms with Gasteiger partial charge in [-0.3, -0.25) is 4.79 Å². The lowest BCUT2D eigenvalue weighted by Gasteiger charge is -2.18. The Labute approximate surface area is 169 Å². The molecular weight excluding hydrogens is 385 g/mol. The average Bonchev–Trinajstić information content (AvgIpc) is 2.64. The highest BCUT2D eigenvalue weighted by atomic mass is 35.5. The number of aryl methyl sites for hydroxylation is 2. The fourth-order valence-corrected chi connectivity index (χ4v) is 3.68. The van der Waals surface area contributed by atoms with Gasteiger partial charge in [-0.1, -0.05) is 30.7 Å². The van der Waals surface area contributed by atoms with Gasteiger partial charge in [0.2, 0.25) is 0 Å². The quantitative estimate of drug-likeness (QED) is 0.571. The molecule has 3 nitrogen and oxygen atoms in total. The van der Waals surface area contributed by atoms with Gasteiger partial charge in [-0.05, 0) is 55.7 Å². The number of nitrogens with one attached hydrogen (secondary N) is 1. The first-order valence-corrected chi connectivity index (χ1v) is 10.5. The summed E-state index contributed by atoms with van der Waals surface area (Å²) in [5.74, 6) is 1.39. The first-order valence-electron chi connectivity index (χ1n) is 8.94. The van der Waals surface area contributed by atoms with Crippen molar-refractivity contribution in [1.82, 2.24) is 5.32 Å². The molecule has 6 heteroatoms. The van der Waals surface area contributed by atoms with E-state index in [1.807, 2.05) is 39.0 Å². The second kappa shape index (κ2) is 10.6. The van der Waals surface area contributed by atoms with Crippen molar-refractivity contribution in [3.8, 4) is 5.75 Å². The van der Waals surface area contributed by atoms with E-state index < -0.39 is 6.10 Å². The largest absolute Gasteiger partial charge is 0.481 e. The fourth-order valence-electron chi connectivity index (χ4n) is 2.48. The topological polar surface area (TPSA) is 38.3 Å². The van der Waals surface area contributed by atoms with Crippen molar-refractivity contribution in [2.24, 2.45) is 0 Å². The van der Waals surface area contributed by atoms with Gasteiger partial charge in [-0.25, -0.2) is 4.39 Å². The summed E-state index contributed by atoms with van der Waals surface area (Å²) in [5.41, 5.74) is 2.82. The summed E-state index contributed by atoms with van der Waals surface area (Å²) in [7, 11) is 0. The van der Waals surface area contributed by atoms with Gasteiger partial charge in [0.1, 0.15) is 11.6 Å². The van der Waals surface area contributed by atoms with Crippen molar-refractivity contribution in [2.75, 3.05) is 12.3 Å². The van der Waals surface area contributed by atoms with Gasteiger partial charge < -0.3 is 10.1 Å². The van der Waals surface area contributed by atoms with Crippen molar-refractivity contribution < 1.29 is 13.9 Å². The van der Waals surface area contributed by atoms with Gasteiger partial charge >= 0.3 is 0 Å². The highest BCUT2D eigenvalue weighted by Gasteiger charge is 2.18. The summed E-state index contributed by atoms with van der Waals surface area (Å²) in [6, 6.07) is 10.5. The van der Waals surface area contributed by atoms with E-state index in [1.54, 1.807) is 12.1 Å². The molecule has 0 saturated heterocycles. The van der Waals surface area contributed by atoms with Crippen molar-refractivity contribution in [2.45, 2.75) is 39.0 Å². The molecule has 0 spiro atoms. The van der Waals surface area contributed by atoms with Crippen LogP contribution in [0.25, 0.3) is 0 Å². The van der Waals surface area contributed by atoms with Crippen LogP contribution in [0.3, 0.4) is 0 Å². The summed E-state index contributed by atoms with van der Waals surface area (Å²) in [6.07, 6.45) is 0.0506. The summed E-state index contributed by atoms with van der Waals surface area (Å²) >= 11 is 7.53. The average molecular weight is 410 g/mol. The SMILES string of the molecule is CCC(Oc1ccc(C)c(C)c1)C(=O)NCCSCc1c(F)cccc1Cl. The Morgan fingerprint density at radius 2 is 2.04 bits per heavy atom. The number of carbonyl (C=O) groups excluding carboxylic acids is 1. The molecule has 146 valence electrons. The number of rotatable bonds is 9. The number of hydrogen-bond donors (Lipinski definition) is 1. The number of thioether (sulfide) groups is 1. The summed E-state index contributed by atoms with van der Waals surface area (Å²) < 4.78 is 19.5. The number of carbonyl (C=O) groups is 1. The van der Waals surface area contributed by atoms with E-state index in [4.69, 9.17) is 16.3 Å². The van der Waals surface area contributed by atoms with E-state index in [9.17, 15) is 9.18 Å². The Hall–Kier alpha value is -1.72. The Balaban J connectivity index is 1.77. The molecule has 2 rings (SSSR count). The van der Waals surface area contributed by atoms with Crippen molar-refractivity contribution >= 4 is 29.3 Å². The molecule has 27 heavy (non-hydrogen) atoms. The van der Waals surface area contributed by atoms with Crippen molar-refractivity contribution in [3.63, 3.8) is 0 Å². The number of ether oxygens (including phenoxy) is 1. The maximum Gasteiger partial charge on any atom is 0.261 e. The summed E-state index contributed by atoms with van der Waals surface area (Å²) in [4.78, 5) is 12.3. The monoisotopic (exact) mass is 409 g/mol. The predicted octanol–water partition coefficient (Wildman–Crippen LogP) is 5.30. The Bertz CT molecular complexity index is 765. The second-order valence-corrected chi connectivity index (χ2v) is 7.82. The lowest BCUT2D eigenvalue weighted by molar-refractivity contribution is -0.127. The normalized spacial score (nSPS) is 11.9. The molecule has 0 radical (unpaired) electrons. The van der Waals surface area contributed by atoms with Gasteiger partial charge in [0.25, 0.3) is 5.91 Å². The van der Waals surface area contributed by atoms with Crippen LogP contribution in [0, 0.1) is 19.7 Å². The zero-order valence-electron chi connectivity index (χ0n) is 15.9. The molecule has 1 amide bonds.